The maximum Gasteiger partial charge on any atom is 0.417 e. The fourth-order valence-electron chi connectivity index (χ4n) is 1.59. The van der Waals surface area contributed by atoms with E-state index in [2.05, 4.69) is 0 Å². The predicted octanol–water partition coefficient (Wildman–Crippen LogP) is 4.67. The minimum absolute atomic E-state index is 0.0466. The van der Waals surface area contributed by atoms with Gasteiger partial charge in [0.05, 0.1) is 11.1 Å². The van der Waals surface area contributed by atoms with Crippen molar-refractivity contribution >= 4 is 16.8 Å². The Bertz CT molecular complexity index is 503. The topological polar surface area (TPSA) is 17.1 Å². The zero-order valence-corrected chi connectivity index (χ0v) is 10.2. The van der Waals surface area contributed by atoms with Crippen molar-refractivity contribution in [1.29, 1.82) is 0 Å². The second-order valence-corrected chi connectivity index (χ2v) is 4.02. The van der Waals surface area contributed by atoms with Gasteiger partial charge in [-0.2, -0.15) is 26.3 Å². The molecule has 0 heterocycles. The van der Waals surface area contributed by atoms with Crippen LogP contribution < -0.4 is 0 Å². The van der Waals surface area contributed by atoms with Crippen LogP contribution in [0.25, 0.3) is 0 Å². The fourth-order valence-corrected chi connectivity index (χ4v) is 1.76. The van der Waals surface area contributed by atoms with Crippen LogP contribution in [0.2, 0.25) is 0 Å². The first-order chi connectivity index (χ1) is 8.48. The highest BCUT2D eigenvalue weighted by Gasteiger charge is 2.43. The number of rotatable bonds is 2. The average Bonchev–Trinajstić information content (AvgIpc) is 2.24. The zero-order valence-electron chi connectivity index (χ0n) is 9.42. The van der Waals surface area contributed by atoms with Gasteiger partial charge in [0.2, 0.25) is 0 Å². The van der Waals surface area contributed by atoms with E-state index in [-0.39, 0.29) is 18.1 Å². The standard InChI is InChI=1S/C11H7ClF6O/c1-2-5-3-7(10(13,14)15)8(11(16,17)18)4-6(5)9(12)19/h3-4H,2H2,1H3. The normalized spacial score (nSPS) is 12.6. The first-order valence-corrected chi connectivity index (χ1v) is 5.37. The highest BCUT2D eigenvalue weighted by molar-refractivity contribution is 6.67. The Morgan fingerprint density at radius 2 is 1.47 bits per heavy atom. The van der Waals surface area contributed by atoms with Gasteiger partial charge in [0.15, 0.2) is 0 Å². The van der Waals surface area contributed by atoms with E-state index in [0.717, 1.165) is 0 Å². The van der Waals surface area contributed by atoms with Gasteiger partial charge >= 0.3 is 12.4 Å². The molecule has 0 amide bonds. The molecular weight excluding hydrogens is 298 g/mol. The molecule has 0 aliphatic rings. The second kappa shape index (κ2) is 5.03. The molecule has 0 N–H and O–H groups in total. The van der Waals surface area contributed by atoms with Crippen LogP contribution in [0.5, 0.6) is 0 Å². The molecule has 106 valence electrons. The quantitative estimate of drug-likeness (QED) is 0.573. The lowest BCUT2D eigenvalue weighted by Crippen LogP contribution is -2.18. The highest BCUT2D eigenvalue weighted by Crippen LogP contribution is 2.41. The SMILES string of the molecule is CCc1cc(C(F)(F)F)c(C(F)(F)F)cc1C(=O)Cl. The van der Waals surface area contributed by atoms with E-state index in [1.807, 2.05) is 0 Å². The molecular formula is C11H7ClF6O. The van der Waals surface area contributed by atoms with Gasteiger partial charge in [0.1, 0.15) is 0 Å². The van der Waals surface area contributed by atoms with E-state index in [0.29, 0.717) is 6.07 Å². The molecule has 0 aromatic heterocycles. The average molecular weight is 305 g/mol. The van der Waals surface area contributed by atoms with E-state index in [4.69, 9.17) is 11.6 Å². The molecule has 0 saturated carbocycles. The van der Waals surface area contributed by atoms with Gasteiger partial charge in [-0.15, -0.1) is 0 Å². The van der Waals surface area contributed by atoms with Gasteiger partial charge in [0.25, 0.3) is 5.24 Å². The highest BCUT2D eigenvalue weighted by atomic mass is 35.5. The maximum atomic E-state index is 12.6. The van der Waals surface area contributed by atoms with Crippen molar-refractivity contribution in [1.82, 2.24) is 0 Å². The smallest absolute Gasteiger partial charge is 0.276 e. The predicted molar refractivity (Wildman–Crippen MR) is 56.0 cm³/mol. The minimum Gasteiger partial charge on any atom is -0.276 e. The van der Waals surface area contributed by atoms with Gasteiger partial charge in [-0.1, -0.05) is 6.92 Å². The summed E-state index contributed by atoms with van der Waals surface area (Å²) in [6.45, 7) is 1.41. The molecule has 0 saturated heterocycles. The van der Waals surface area contributed by atoms with Gasteiger partial charge in [-0.3, -0.25) is 4.79 Å². The van der Waals surface area contributed by atoms with Crippen molar-refractivity contribution < 1.29 is 31.1 Å². The first kappa shape index (κ1) is 15.8. The number of benzene rings is 1. The summed E-state index contributed by atoms with van der Waals surface area (Å²) in [4.78, 5) is 11.0. The van der Waals surface area contributed by atoms with Crippen molar-refractivity contribution in [2.75, 3.05) is 0 Å². The second-order valence-electron chi connectivity index (χ2n) is 3.68. The molecule has 1 aromatic carbocycles. The van der Waals surface area contributed by atoms with Gasteiger partial charge in [-0.05, 0) is 35.7 Å². The Morgan fingerprint density at radius 3 is 1.79 bits per heavy atom. The van der Waals surface area contributed by atoms with Crippen molar-refractivity contribution in [2.45, 2.75) is 25.7 Å². The molecule has 0 spiro atoms. The summed E-state index contributed by atoms with van der Waals surface area (Å²) >= 11 is 5.09. The Kier molecular flexibility index (Phi) is 4.19. The Labute approximate surface area is 109 Å². The van der Waals surface area contributed by atoms with E-state index < -0.39 is 34.3 Å². The third kappa shape index (κ3) is 3.40. The number of halogens is 7. The molecule has 0 aliphatic carbocycles. The van der Waals surface area contributed by atoms with E-state index in [1.165, 1.54) is 6.92 Å². The van der Waals surface area contributed by atoms with Crippen molar-refractivity contribution in [3.63, 3.8) is 0 Å². The van der Waals surface area contributed by atoms with E-state index >= 15 is 0 Å². The van der Waals surface area contributed by atoms with E-state index in [1.54, 1.807) is 0 Å². The lowest BCUT2D eigenvalue weighted by Gasteiger charge is -2.18. The fraction of sp³-hybridized carbons (Fsp3) is 0.364. The van der Waals surface area contributed by atoms with Gasteiger partial charge < -0.3 is 0 Å². The zero-order chi connectivity index (χ0) is 15.0. The number of hydrogen-bond donors (Lipinski definition) is 0. The number of alkyl halides is 6. The van der Waals surface area contributed by atoms with Crippen molar-refractivity contribution in [3.05, 3.63) is 34.4 Å². The molecule has 0 bridgehead atoms. The van der Waals surface area contributed by atoms with Gasteiger partial charge in [0, 0.05) is 5.56 Å². The Balaban J connectivity index is 3.68. The largest absolute Gasteiger partial charge is 0.417 e. The summed E-state index contributed by atoms with van der Waals surface area (Å²) in [7, 11) is 0. The molecule has 0 unspecified atom stereocenters. The minimum atomic E-state index is -5.22. The lowest BCUT2D eigenvalue weighted by molar-refractivity contribution is -0.162. The van der Waals surface area contributed by atoms with Crippen molar-refractivity contribution in [2.24, 2.45) is 0 Å². The lowest BCUT2D eigenvalue weighted by atomic mass is 9.96. The van der Waals surface area contributed by atoms with E-state index in [9.17, 15) is 31.1 Å². The number of aryl methyl sites for hydroxylation is 1. The van der Waals surface area contributed by atoms with Crippen LogP contribution in [0.1, 0.15) is 34.0 Å². The number of carbonyl (C=O) groups is 1. The molecule has 19 heavy (non-hydrogen) atoms. The molecule has 0 radical (unpaired) electrons. The summed E-state index contributed by atoms with van der Waals surface area (Å²) in [6, 6.07) is 0.468. The van der Waals surface area contributed by atoms with Crippen LogP contribution in [0, 0.1) is 0 Å². The Hall–Kier alpha value is -1.24. The van der Waals surface area contributed by atoms with Crippen molar-refractivity contribution in [3.8, 4) is 0 Å². The first-order valence-electron chi connectivity index (χ1n) is 4.99. The molecule has 1 nitrogen and oxygen atoms in total. The third-order valence-corrected chi connectivity index (χ3v) is 2.65. The molecule has 0 fully saturated rings. The molecule has 1 aromatic rings. The molecule has 1 rings (SSSR count). The monoisotopic (exact) mass is 304 g/mol. The molecule has 8 heteroatoms. The van der Waals surface area contributed by atoms with Crippen LogP contribution in [-0.2, 0) is 18.8 Å². The summed E-state index contributed by atoms with van der Waals surface area (Å²) < 4.78 is 75.6. The summed E-state index contributed by atoms with van der Waals surface area (Å²) in [6.07, 6.45) is -10.4. The maximum absolute atomic E-state index is 12.6. The summed E-state index contributed by atoms with van der Waals surface area (Å²) in [5.74, 6) is 0. The molecule has 0 atom stereocenters. The van der Waals surface area contributed by atoms with Crippen LogP contribution in [0.4, 0.5) is 26.3 Å². The van der Waals surface area contributed by atoms with Gasteiger partial charge in [-0.25, -0.2) is 0 Å². The van der Waals surface area contributed by atoms with Crippen LogP contribution >= 0.6 is 11.6 Å². The molecule has 0 aliphatic heterocycles. The number of carbonyl (C=O) groups excluding carboxylic acids is 1. The van der Waals surface area contributed by atoms with Crippen LogP contribution in [-0.4, -0.2) is 5.24 Å². The van der Waals surface area contributed by atoms with Crippen LogP contribution in [0.3, 0.4) is 0 Å². The Morgan fingerprint density at radius 1 is 1.05 bits per heavy atom. The number of hydrogen-bond acceptors (Lipinski definition) is 1. The van der Waals surface area contributed by atoms with Crippen LogP contribution in [0.15, 0.2) is 12.1 Å². The third-order valence-electron chi connectivity index (χ3n) is 2.45. The summed E-state index contributed by atoms with van der Waals surface area (Å²) in [5, 5.41) is -1.23. The summed E-state index contributed by atoms with van der Waals surface area (Å²) in [5.41, 5.74) is -4.48.